The van der Waals surface area contributed by atoms with Crippen LogP contribution in [-0.4, -0.2) is 31.0 Å². The molecule has 0 aromatic carbocycles. The highest BCUT2D eigenvalue weighted by molar-refractivity contribution is 7.18. The maximum atomic E-state index is 12.3. The Morgan fingerprint density at radius 2 is 2.10 bits per heavy atom. The van der Waals surface area contributed by atoms with Gasteiger partial charge in [-0.3, -0.25) is 4.79 Å². The fourth-order valence-electron chi connectivity index (χ4n) is 1.71. The van der Waals surface area contributed by atoms with Crippen molar-refractivity contribution in [2.75, 3.05) is 30.8 Å². The Labute approximate surface area is 131 Å². The first-order valence-electron chi connectivity index (χ1n) is 7.42. The van der Waals surface area contributed by atoms with Crippen LogP contribution in [0, 0.1) is 11.3 Å². The van der Waals surface area contributed by atoms with Gasteiger partial charge in [0.15, 0.2) is 5.13 Å². The predicted molar refractivity (Wildman–Crippen MR) is 91.0 cm³/mol. The van der Waals surface area contributed by atoms with Crippen molar-refractivity contribution in [3.8, 4) is 0 Å². The molecule has 1 unspecified atom stereocenters. The van der Waals surface area contributed by atoms with Gasteiger partial charge in [0, 0.05) is 20.1 Å². The number of aromatic nitrogens is 1. The Morgan fingerprint density at radius 3 is 2.62 bits per heavy atom. The standard InChI is InChI=1S/C15H28N4OS/c1-7-8-19(6)14-18-12(16)11(21-14)13(20)17-9-10(2)15(3,4)5/h10H,7-9,16H2,1-6H3,(H,17,20). The summed E-state index contributed by atoms with van der Waals surface area (Å²) in [5.41, 5.74) is 6.05. The molecule has 0 radical (unpaired) electrons. The quantitative estimate of drug-likeness (QED) is 0.847. The van der Waals surface area contributed by atoms with Crippen molar-refractivity contribution in [2.24, 2.45) is 11.3 Å². The second-order valence-corrected chi connectivity index (χ2v) is 7.59. The molecule has 0 bridgehead atoms. The van der Waals surface area contributed by atoms with Gasteiger partial charge in [-0.15, -0.1) is 0 Å². The van der Waals surface area contributed by atoms with Gasteiger partial charge >= 0.3 is 0 Å². The summed E-state index contributed by atoms with van der Waals surface area (Å²) in [4.78, 5) is 19.1. The van der Waals surface area contributed by atoms with Crippen LogP contribution in [-0.2, 0) is 0 Å². The van der Waals surface area contributed by atoms with Crippen LogP contribution in [0.3, 0.4) is 0 Å². The molecular weight excluding hydrogens is 284 g/mol. The topological polar surface area (TPSA) is 71.2 Å². The zero-order valence-electron chi connectivity index (χ0n) is 14.0. The number of hydrogen-bond acceptors (Lipinski definition) is 5. The van der Waals surface area contributed by atoms with Gasteiger partial charge in [0.25, 0.3) is 5.91 Å². The highest BCUT2D eigenvalue weighted by atomic mass is 32.1. The van der Waals surface area contributed by atoms with Gasteiger partial charge in [-0.05, 0) is 17.8 Å². The van der Waals surface area contributed by atoms with Gasteiger partial charge < -0.3 is 16.0 Å². The van der Waals surface area contributed by atoms with Gasteiger partial charge in [0.05, 0.1) is 0 Å². The molecule has 0 spiro atoms. The zero-order chi connectivity index (χ0) is 16.2. The monoisotopic (exact) mass is 312 g/mol. The molecule has 1 aromatic rings. The minimum absolute atomic E-state index is 0.128. The second-order valence-electron chi connectivity index (χ2n) is 6.61. The number of hydrogen-bond donors (Lipinski definition) is 2. The minimum Gasteiger partial charge on any atom is -0.382 e. The average Bonchev–Trinajstić information content (AvgIpc) is 2.77. The van der Waals surface area contributed by atoms with Crippen molar-refractivity contribution in [3.63, 3.8) is 0 Å². The van der Waals surface area contributed by atoms with Crippen LogP contribution in [0.15, 0.2) is 0 Å². The molecule has 0 fully saturated rings. The molecule has 0 saturated heterocycles. The van der Waals surface area contributed by atoms with Crippen LogP contribution >= 0.6 is 11.3 Å². The van der Waals surface area contributed by atoms with E-state index in [1.807, 2.05) is 11.9 Å². The number of nitrogen functional groups attached to an aromatic ring is 1. The Bertz CT molecular complexity index is 479. The van der Waals surface area contributed by atoms with Crippen molar-refractivity contribution in [2.45, 2.75) is 41.0 Å². The Kier molecular flexibility index (Phi) is 6.01. The lowest BCUT2D eigenvalue weighted by atomic mass is 9.82. The number of carbonyl (C=O) groups is 1. The molecule has 3 N–H and O–H groups in total. The van der Waals surface area contributed by atoms with Gasteiger partial charge in [-0.25, -0.2) is 4.98 Å². The number of carbonyl (C=O) groups excluding carboxylic acids is 1. The van der Waals surface area contributed by atoms with E-state index in [-0.39, 0.29) is 11.3 Å². The first-order chi connectivity index (χ1) is 9.66. The smallest absolute Gasteiger partial charge is 0.265 e. The van der Waals surface area contributed by atoms with E-state index in [1.54, 1.807) is 0 Å². The van der Waals surface area contributed by atoms with Gasteiger partial charge in [-0.2, -0.15) is 0 Å². The van der Waals surface area contributed by atoms with E-state index in [0.717, 1.165) is 18.1 Å². The third-order valence-electron chi connectivity index (χ3n) is 3.78. The normalized spacial score (nSPS) is 13.0. The Morgan fingerprint density at radius 1 is 1.48 bits per heavy atom. The van der Waals surface area contributed by atoms with E-state index in [4.69, 9.17) is 5.73 Å². The zero-order valence-corrected chi connectivity index (χ0v) is 14.8. The SMILES string of the molecule is CCCN(C)c1nc(N)c(C(=O)NCC(C)C(C)(C)C)s1. The molecule has 0 aliphatic rings. The van der Waals surface area contributed by atoms with Gasteiger partial charge in [0.2, 0.25) is 0 Å². The predicted octanol–water partition coefficient (Wildman–Crippen LogP) is 2.98. The van der Waals surface area contributed by atoms with Crippen molar-refractivity contribution < 1.29 is 4.79 Å². The highest BCUT2D eigenvalue weighted by Gasteiger charge is 2.22. The molecule has 21 heavy (non-hydrogen) atoms. The largest absolute Gasteiger partial charge is 0.382 e. The maximum Gasteiger partial charge on any atom is 0.265 e. The van der Waals surface area contributed by atoms with E-state index in [0.29, 0.717) is 23.2 Å². The summed E-state index contributed by atoms with van der Waals surface area (Å²) in [6, 6.07) is 0. The van der Waals surface area contributed by atoms with Crippen LogP contribution < -0.4 is 16.0 Å². The van der Waals surface area contributed by atoms with E-state index < -0.39 is 0 Å². The van der Waals surface area contributed by atoms with Crippen LogP contribution in [0.2, 0.25) is 0 Å². The summed E-state index contributed by atoms with van der Waals surface area (Å²) in [7, 11) is 1.96. The molecule has 1 rings (SSSR count). The van der Waals surface area contributed by atoms with Crippen LogP contribution in [0.5, 0.6) is 0 Å². The number of thiazole rings is 1. The Balaban J connectivity index is 2.71. The van der Waals surface area contributed by atoms with E-state index >= 15 is 0 Å². The van der Waals surface area contributed by atoms with Crippen LogP contribution in [0.1, 0.15) is 50.7 Å². The molecule has 120 valence electrons. The van der Waals surface area contributed by atoms with Gasteiger partial charge in [0.1, 0.15) is 10.7 Å². The molecule has 5 nitrogen and oxygen atoms in total. The van der Waals surface area contributed by atoms with E-state index in [1.165, 1.54) is 11.3 Å². The summed E-state index contributed by atoms with van der Waals surface area (Å²) in [5.74, 6) is 0.578. The molecule has 0 saturated carbocycles. The molecule has 0 aliphatic carbocycles. The second kappa shape index (κ2) is 7.11. The van der Waals surface area contributed by atoms with E-state index in [2.05, 4.69) is 44.9 Å². The third-order valence-corrected chi connectivity index (χ3v) is 4.97. The lowest BCUT2D eigenvalue weighted by Gasteiger charge is -2.27. The fraction of sp³-hybridized carbons (Fsp3) is 0.733. The van der Waals surface area contributed by atoms with Crippen molar-refractivity contribution >= 4 is 28.2 Å². The summed E-state index contributed by atoms with van der Waals surface area (Å²) < 4.78 is 0. The molecule has 1 amide bonds. The Hall–Kier alpha value is -1.30. The lowest BCUT2D eigenvalue weighted by molar-refractivity contribution is 0.0942. The van der Waals surface area contributed by atoms with Crippen molar-refractivity contribution in [3.05, 3.63) is 4.88 Å². The van der Waals surface area contributed by atoms with Crippen LogP contribution in [0.25, 0.3) is 0 Å². The lowest BCUT2D eigenvalue weighted by Crippen LogP contribution is -2.33. The van der Waals surface area contributed by atoms with Gasteiger partial charge in [-0.1, -0.05) is 46.0 Å². The maximum absolute atomic E-state index is 12.3. The van der Waals surface area contributed by atoms with E-state index in [9.17, 15) is 4.79 Å². The molecule has 1 heterocycles. The molecule has 6 heteroatoms. The first-order valence-corrected chi connectivity index (χ1v) is 8.24. The summed E-state index contributed by atoms with van der Waals surface area (Å²) >= 11 is 1.35. The highest BCUT2D eigenvalue weighted by Crippen LogP contribution is 2.28. The average molecular weight is 312 g/mol. The minimum atomic E-state index is -0.128. The number of rotatable bonds is 6. The molecule has 1 aromatic heterocycles. The van der Waals surface area contributed by atoms with Crippen molar-refractivity contribution in [1.82, 2.24) is 10.3 Å². The summed E-state index contributed by atoms with van der Waals surface area (Å²) in [5, 5.41) is 3.76. The van der Waals surface area contributed by atoms with Crippen LogP contribution in [0.4, 0.5) is 10.9 Å². The van der Waals surface area contributed by atoms with Crippen molar-refractivity contribution in [1.29, 1.82) is 0 Å². The first kappa shape index (κ1) is 17.8. The number of amides is 1. The number of nitrogens with zero attached hydrogens (tertiary/aromatic N) is 2. The fourth-order valence-corrected chi connectivity index (χ4v) is 2.60. The molecule has 1 atom stereocenters. The third kappa shape index (κ3) is 4.88. The number of anilines is 2. The summed E-state index contributed by atoms with van der Waals surface area (Å²) in [6.45, 7) is 12.3. The number of nitrogens with two attached hydrogens (primary N) is 1. The molecular formula is C15H28N4OS. The molecule has 0 aliphatic heterocycles. The summed E-state index contributed by atoms with van der Waals surface area (Å²) in [6.07, 6.45) is 1.03. The number of nitrogens with one attached hydrogen (secondary N) is 1.